The highest BCUT2D eigenvalue weighted by Crippen LogP contribution is 2.19. The van der Waals surface area contributed by atoms with E-state index in [-0.39, 0.29) is 21.6 Å². The Labute approximate surface area is 92.5 Å². The molecule has 6 nitrogen and oxygen atoms in total. The van der Waals surface area contributed by atoms with E-state index in [0.29, 0.717) is 0 Å². The van der Waals surface area contributed by atoms with Crippen LogP contribution in [0.3, 0.4) is 0 Å². The number of rotatable bonds is 1. The number of fused-ring (bicyclic) bond motifs is 1. The van der Waals surface area contributed by atoms with Crippen molar-refractivity contribution in [3.8, 4) is 0 Å². The summed E-state index contributed by atoms with van der Waals surface area (Å²) in [5.74, 6) is -1.24. The highest BCUT2D eigenvalue weighted by Gasteiger charge is 2.12. The summed E-state index contributed by atoms with van der Waals surface area (Å²) in [6, 6.07) is 2.56. The first-order valence-electron chi connectivity index (χ1n) is 4.18. The van der Waals surface area contributed by atoms with Crippen LogP contribution in [0.5, 0.6) is 0 Å². The summed E-state index contributed by atoms with van der Waals surface area (Å²) < 4.78 is 0. The molecule has 1 aromatic carbocycles. The molecule has 3 N–H and O–H groups in total. The van der Waals surface area contributed by atoms with E-state index < -0.39 is 17.1 Å². The number of H-pyrrole nitrogens is 2. The Kier molecular flexibility index (Phi) is 2.28. The fourth-order valence-corrected chi connectivity index (χ4v) is 1.58. The minimum atomic E-state index is -1.24. The molecule has 0 fully saturated rings. The molecule has 1 aromatic heterocycles. The Morgan fingerprint density at radius 3 is 2.44 bits per heavy atom. The lowest BCUT2D eigenvalue weighted by molar-refractivity contribution is 0.0699. The number of hydrogen-bond acceptors (Lipinski definition) is 3. The van der Waals surface area contributed by atoms with Crippen molar-refractivity contribution in [1.82, 2.24) is 9.97 Å². The SMILES string of the molecule is O=C(O)c1cc(Cl)cc2[nH]c(=O)c(=O)[nH]c12. The van der Waals surface area contributed by atoms with E-state index in [9.17, 15) is 14.4 Å². The molecule has 0 unspecified atom stereocenters. The van der Waals surface area contributed by atoms with Gasteiger partial charge in [-0.25, -0.2) is 4.79 Å². The van der Waals surface area contributed by atoms with Crippen LogP contribution in [-0.2, 0) is 0 Å². The second-order valence-electron chi connectivity index (χ2n) is 3.09. The Morgan fingerprint density at radius 2 is 1.81 bits per heavy atom. The number of halogens is 1. The van der Waals surface area contributed by atoms with E-state index in [1.54, 1.807) is 0 Å². The van der Waals surface area contributed by atoms with Crippen LogP contribution >= 0.6 is 11.6 Å². The Balaban J connectivity index is 3.02. The minimum absolute atomic E-state index is 0.0431. The van der Waals surface area contributed by atoms with Crippen LogP contribution in [0.1, 0.15) is 10.4 Å². The van der Waals surface area contributed by atoms with E-state index in [2.05, 4.69) is 9.97 Å². The zero-order valence-electron chi connectivity index (χ0n) is 7.70. The van der Waals surface area contributed by atoms with Gasteiger partial charge in [0.25, 0.3) is 0 Å². The predicted octanol–water partition coefficient (Wildman–Crippen LogP) is 0.568. The maximum absolute atomic E-state index is 11.1. The van der Waals surface area contributed by atoms with Gasteiger partial charge in [-0.3, -0.25) is 9.59 Å². The van der Waals surface area contributed by atoms with Crippen LogP contribution in [0, 0.1) is 0 Å². The summed E-state index contributed by atoms with van der Waals surface area (Å²) in [6.07, 6.45) is 0. The summed E-state index contributed by atoms with van der Waals surface area (Å²) in [4.78, 5) is 37.4. The molecule has 0 amide bonds. The molecule has 0 radical (unpaired) electrons. The van der Waals surface area contributed by atoms with Crippen molar-refractivity contribution in [2.24, 2.45) is 0 Å². The molecule has 16 heavy (non-hydrogen) atoms. The third-order valence-corrected chi connectivity index (χ3v) is 2.24. The Bertz CT molecular complexity index is 701. The van der Waals surface area contributed by atoms with Crippen molar-refractivity contribution in [2.75, 3.05) is 0 Å². The number of aromatic nitrogens is 2. The molecule has 0 spiro atoms. The molecule has 0 aliphatic rings. The molecule has 0 saturated heterocycles. The molecule has 82 valence electrons. The van der Waals surface area contributed by atoms with Crippen LogP contribution in [-0.4, -0.2) is 21.0 Å². The standard InChI is InChI=1S/C9H5ClN2O4/c10-3-1-4(9(15)16)6-5(2-3)11-7(13)8(14)12-6/h1-2H,(H,11,13)(H,12,14)(H,15,16). The van der Waals surface area contributed by atoms with Crippen molar-refractivity contribution in [2.45, 2.75) is 0 Å². The van der Waals surface area contributed by atoms with E-state index in [1.165, 1.54) is 12.1 Å². The van der Waals surface area contributed by atoms with Gasteiger partial charge < -0.3 is 15.1 Å². The van der Waals surface area contributed by atoms with Gasteiger partial charge in [-0.1, -0.05) is 11.6 Å². The van der Waals surface area contributed by atoms with Crippen LogP contribution in [0.25, 0.3) is 11.0 Å². The second-order valence-corrected chi connectivity index (χ2v) is 3.53. The summed E-state index contributed by atoms with van der Waals surface area (Å²) in [5, 5.41) is 9.05. The highest BCUT2D eigenvalue weighted by atomic mass is 35.5. The molecule has 1 heterocycles. The van der Waals surface area contributed by atoms with Gasteiger partial charge in [0.1, 0.15) is 0 Å². The van der Waals surface area contributed by atoms with Gasteiger partial charge in [0, 0.05) is 5.02 Å². The van der Waals surface area contributed by atoms with Crippen LogP contribution < -0.4 is 11.1 Å². The third-order valence-electron chi connectivity index (χ3n) is 2.03. The van der Waals surface area contributed by atoms with Gasteiger partial charge in [0.05, 0.1) is 16.6 Å². The molecule has 7 heteroatoms. The van der Waals surface area contributed by atoms with Gasteiger partial charge >= 0.3 is 17.1 Å². The lowest BCUT2D eigenvalue weighted by Crippen LogP contribution is -2.29. The molecule has 0 aliphatic carbocycles. The number of hydrogen-bond donors (Lipinski definition) is 3. The molecule has 2 rings (SSSR count). The summed E-state index contributed by atoms with van der Waals surface area (Å²) in [7, 11) is 0. The summed E-state index contributed by atoms with van der Waals surface area (Å²) in [5.41, 5.74) is -1.71. The summed E-state index contributed by atoms with van der Waals surface area (Å²) in [6.45, 7) is 0. The molecular weight excluding hydrogens is 236 g/mol. The van der Waals surface area contributed by atoms with Crippen molar-refractivity contribution in [1.29, 1.82) is 0 Å². The first kappa shape index (κ1) is 10.4. The number of carboxylic acids is 1. The lowest BCUT2D eigenvalue weighted by atomic mass is 10.2. The lowest BCUT2D eigenvalue weighted by Gasteiger charge is -2.02. The average molecular weight is 241 g/mol. The fourth-order valence-electron chi connectivity index (χ4n) is 1.36. The van der Waals surface area contributed by atoms with Crippen molar-refractivity contribution >= 4 is 28.6 Å². The largest absolute Gasteiger partial charge is 0.478 e. The van der Waals surface area contributed by atoms with Gasteiger partial charge in [-0.15, -0.1) is 0 Å². The zero-order chi connectivity index (χ0) is 11.9. The number of aromatic carboxylic acids is 1. The van der Waals surface area contributed by atoms with Gasteiger partial charge in [-0.2, -0.15) is 0 Å². The van der Waals surface area contributed by atoms with E-state index in [4.69, 9.17) is 16.7 Å². The molecule has 0 bridgehead atoms. The quantitative estimate of drug-likeness (QED) is 0.634. The maximum atomic E-state index is 11.1. The number of benzene rings is 1. The third kappa shape index (κ3) is 1.59. The summed E-state index contributed by atoms with van der Waals surface area (Å²) >= 11 is 5.68. The van der Waals surface area contributed by atoms with E-state index in [0.717, 1.165) is 0 Å². The van der Waals surface area contributed by atoms with Crippen molar-refractivity contribution < 1.29 is 9.90 Å². The van der Waals surface area contributed by atoms with Gasteiger partial charge in [-0.05, 0) is 12.1 Å². The van der Waals surface area contributed by atoms with E-state index >= 15 is 0 Å². The van der Waals surface area contributed by atoms with Crippen molar-refractivity contribution in [3.63, 3.8) is 0 Å². The molecule has 0 aliphatic heterocycles. The number of aromatic amines is 2. The fraction of sp³-hybridized carbons (Fsp3) is 0. The minimum Gasteiger partial charge on any atom is -0.478 e. The molecule has 0 saturated carbocycles. The van der Waals surface area contributed by atoms with Crippen LogP contribution in [0.2, 0.25) is 5.02 Å². The Hall–Kier alpha value is -2.08. The normalized spacial score (nSPS) is 10.6. The topological polar surface area (TPSA) is 103 Å². The molecular formula is C9H5ClN2O4. The molecule has 2 aromatic rings. The van der Waals surface area contributed by atoms with Crippen LogP contribution in [0.4, 0.5) is 0 Å². The predicted molar refractivity (Wildman–Crippen MR) is 57.2 cm³/mol. The first-order chi connectivity index (χ1) is 7.49. The van der Waals surface area contributed by atoms with E-state index in [1.807, 2.05) is 0 Å². The Morgan fingerprint density at radius 1 is 1.19 bits per heavy atom. The maximum Gasteiger partial charge on any atom is 0.337 e. The average Bonchev–Trinajstić information content (AvgIpc) is 2.19. The van der Waals surface area contributed by atoms with Gasteiger partial charge in [0.2, 0.25) is 0 Å². The first-order valence-corrected chi connectivity index (χ1v) is 4.56. The zero-order valence-corrected chi connectivity index (χ0v) is 8.46. The highest BCUT2D eigenvalue weighted by molar-refractivity contribution is 6.31. The second kappa shape index (κ2) is 3.49. The number of carbonyl (C=O) groups is 1. The molecule has 0 atom stereocenters. The number of nitrogens with one attached hydrogen (secondary N) is 2. The monoisotopic (exact) mass is 240 g/mol. The van der Waals surface area contributed by atoms with Gasteiger partial charge in [0.15, 0.2) is 0 Å². The smallest absolute Gasteiger partial charge is 0.337 e. The number of carboxylic acid groups (broad SMARTS) is 1. The van der Waals surface area contributed by atoms with Crippen LogP contribution in [0.15, 0.2) is 21.7 Å². The van der Waals surface area contributed by atoms with Crippen molar-refractivity contribution in [3.05, 3.63) is 43.4 Å².